The number of pyridine rings is 1. The van der Waals surface area contributed by atoms with Crippen LogP contribution in [0.5, 0.6) is 5.88 Å². The Balaban J connectivity index is 1.58. The van der Waals surface area contributed by atoms with E-state index >= 15 is 0 Å². The van der Waals surface area contributed by atoms with Crippen LogP contribution in [-0.2, 0) is 0 Å². The van der Waals surface area contributed by atoms with Gasteiger partial charge in [-0.15, -0.1) is 0 Å². The van der Waals surface area contributed by atoms with Gasteiger partial charge in [0.05, 0.1) is 12.2 Å². The molecule has 3 rings (SSSR count). The predicted octanol–water partition coefficient (Wildman–Crippen LogP) is 1.71. The molecule has 5 heteroatoms. The highest BCUT2D eigenvalue weighted by atomic mass is 16.5. The number of hydrogen-bond donors (Lipinski definition) is 1. The molecule has 0 radical (unpaired) electrons. The van der Waals surface area contributed by atoms with Crippen LogP contribution in [0.4, 0.5) is 0 Å². The zero-order valence-electron chi connectivity index (χ0n) is 12.2. The third kappa shape index (κ3) is 3.73. The molecular weight excluding hydrogens is 268 g/mol. The van der Waals surface area contributed by atoms with Gasteiger partial charge in [0.2, 0.25) is 5.88 Å². The molecule has 0 spiro atoms. The van der Waals surface area contributed by atoms with E-state index in [2.05, 4.69) is 4.98 Å². The van der Waals surface area contributed by atoms with Crippen molar-refractivity contribution in [3.63, 3.8) is 0 Å². The first-order valence-electron chi connectivity index (χ1n) is 7.75. The summed E-state index contributed by atoms with van der Waals surface area (Å²) in [7, 11) is 0. The van der Waals surface area contributed by atoms with Crippen molar-refractivity contribution in [2.24, 2.45) is 11.8 Å². The molecule has 1 saturated carbocycles. The maximum atomic E-state index is 12.4. The van der Waals surface area contributed by atoms with Gasteiger partial charge in [-0.1, -0.05) is 0 Å². The van der Waals surface area contributed by atoms with E-state index < -0.39 is 0 Å². The SMILES string of the molecule is O=C(c1ccc(OCC2CC2)nc1)N1CCCC(CO)C1. The minimum Gasteiger partial charge on any atom is -0.477 e. The predicted molar refractivity (Wildman–Crippen MR) is 78.2 cm³/mol. The highest BCUT2D eigenvalue weighted by molar-refractivity contribution is 5.94. The van der Waals surface area contributed by atoms with Crippen LogP contribution in [0.2, 0.25) is 0 Å². The third-order valence-electron chi connectivity index (χ3n) is 4.21. The van der Waals surface area contributed by atoms with Gasteiger partial charge < -0.3 is 14.7 Å². The molecule has 1 saturated heterocycles. The quantitative estimate of drug-likeness (QED) is 0.897. The van der Waals surface area contributed by atoms with Crippen LogP contribution in [-0.4, -0.2) is 47.2 Å². The van der Waals surface area contributed by atoms with E-state index in [1.807, 2.05) is 4.90 Å². The third-order valence-corrected chi connectivity index (χ3v) is 4.21. The number of nitrogens with zero attached hydrogens (tertiary/aromatic N) is 2. The first-order chi connectivity index (χ1) is 10.3. The zero-order valence-corrected chi connectivity index (χ0v) is 12.2. The van der Waals surface area contributed by atoms with Crippen molar-refractivity contribution in [1.29, 1.82) is 0 Å². The highest BCUT2D eigenvalue weighted by Crippen LogP contribution is 2.29. The minimum absolute atomic E-state index is 0.00519. The lowest BCUT2D eigenvalue weighted by Gasteiger charge is -2.31. The number of aliphatic hydroxyl groups is 1. The van der Waals surface area contributed by atoms with Crippen molar-refractivity contribution in [1.82, 2.24) is 9.88 Å². The Hall–Kier alpha value is -1.62. The fourth-order valence-electron chi connectivity index (χ4n) is 2.66. The van der Waals surface area contributed by atoms with E-state index in [1.165, 1.54) is 12.8 Å². The molecule has 0 aromatic carbocycles. The molecule has 21 heavy (non-hydrogen) atoms. The monoisotopic (exact) mass is 290 g/mol. The molecule has 1 atom stereocenters. The Labute approximate surface area is 124 Å². The molecule has 1 aromatic heterocycles. The first-order valence-corrected chi connectivity index (χ1v) is 7.75. The van der Waals surface area contributed by atoms with Gasteiger partial charge in [-0.05, 0) is 43.6 Å². The van der Waals surface area contributed by atoms with Gasteiger partial charge in [0.1, 0.15) is 0 Å². The van der Waals surface area contributed by atoms with Gasteiger partial charge in [-0.25, -0.2) is 4.98 Å². The van der Waals surface area contributed by atoms with Crippen LogP contribution in [0, 0.1) is 11.8 Å². The minimum atomic E-state index is -0.00519. The van der Waals surface area contributed by atoms with E-state index in [-0.39, 0.29) is 18.4 Å². The first kappa shape index (κ1) is 14.3. The summed E-state index contributed by atoms with van der Waals surface area (Å²) in [5.41, 5.74) is 0.590. The van der Waals surface area contributed by atoms with Crippen molar-refractivity contribution in [2.75, 3.05) is 26.3 Å². The Morgan fingerprint density at radius 1 is 1.33 bits per heavy atom. The molecule has 2 fully saturated rings. The van der Waals surface area contributed by atoms with Crippen LogP contribution in [0.1, 0.15) is 36.0 Å². The van der Waals surface area contributed by atoms with E-state index in [9.17, 15) is 9.90 Å². The number of amides is 1. The molecule has 1 aliphatic heterocycles. The number of piperidine rings is 1. The van der Waals surface area contributed by atoms with Crippen molar-refractivity contribution >= 4 is 5.91 Å². The number of carbonyl (C=O) groups excluding carboxylic acids is 1. The molecule has 1 amide bonds. The lowest BCUT2D eigenvalue weighted by Crippen LogP contribution is -2.40. The maximum absolute atomic E-state index is 12.4. The second kappa shape index (κ2) is 6.43. The molecular formula is C16H22N2O3. The van der Waals surface area contributed by atoms with Crippen LogP contribution < -0.4 is 4.74 Å². The average Bonchev–Trinajstić information content (AvgIpc) is 3.37. The highest BCUT2D eigenvalue weighted by Gasteiger charge is 2.24. The second-order valence-electron chi connectivity index (χ2n) is 6.08. The van der Waals surface area contributed by atoms with Gasteiger partial charge in [0.25, 0.3) is 5.91 Å². The fraction of sp³-hybridized carbons (Fsp3) is 0.625. The largest absolute Gasteiger partial charge is 0.477 e. The summed E-state index contributed by atoms with van der Waals surface area (Å²) < 4.78 is 5.58. The summed E-state index contributed by atoms with van der Waals surface area (Å²) in [6.07, 6.45) is 6.03. The Bertz CT molecular complexity index is 485. The molecule has 0 bridgehead atoms. The van der Waals surface area contributed by atoms with E-state index in [0.29, 0.717) is 23.9 Å². The van der Waals surface area contributed by atoms with Crippen molar-refractivity contribution in [3.8, 4) is 5.88 Å². The summed E-state index contributed by atoms with van der Waals surface area (Å²) in [4.78, 5) is 18.4. The molecule has 1 unspecified atom stereocenters. The van der Waals surface area contributed by atoms with E-state index in [1.54, 1.807) is 18.3 Å². The number of aromatic nitrogens is 1. The fourth-order valence-corrected chi connectivity index (χ4v) is 2.66. The van der Waals surface area contributed by atoms with Crippen LogP contribution in [0.25, 0.3) is 0 Å². The maximum Gasteiger partial charge on any atom is 0.255 e. The summed E-state index contributed by atoms with van der Waals surface area (Å²) in [6.45, 7) is 2.27. The van der Waals surface area contributed by atoms with Gasteiger partial charge in [-0.2, -0.15) is 0 Å². The molecule has 1 aromatic rings. The Morgan fingerprint density at radius 3 is 2.86 bits per heavy atom. The second-order valence-corrected chi connectivity index (χ2v) is 6.08. The molecule has 1 aliphatic carbocycles. The lowest BCUT2D eigenvalue weighted by atomic mass is 9.98. The van der Waals surface area contributed by atoms with Crippen LogP contribution in [0.15, 0.2) is 18.3 Å². The summed E-state index contributed by atoms with van der Waals surface area (Å²) in [5.74, 6) is 1.48. The zero-order chi connectivity index (χ0) is 14.7. The van der Waals surface area contributed by atoms with Gasteiger partial charge >= 0.3 is 0 Å². The van der Waals surface area contributed by atoms with Crippen molar-refractivity contribution in [3.05, 3.63) is 23.9 Å². The number of likely N-dealkylation sites (tertiary alicyclic amines) is 1. The number of rotatable bonds is 5. The molecule has 5 nitrogen and oxygen atoms in total. The van der Waals surface area contributed by atoms with Crippen LogP contribution in [0.3, 0.4) is 0 Å². The van der Waals surface area contributed by atoms with E-state index in [4.69, 9.17) is 4.74 Å². The van der Waals surface area contributed by atoms with Gasteiger partial charge in [0.15, 0.2) is 0 Å². The molecule has 2 aliphatic rings. The van der Waals surface area contributed by atoms with Crippen LogP contribution >= 0.6 is 0 Å². The Kier molecular flexibility index (Phi) is 4.39. The summed E-state index contributed by atoms with van der Waals surface area (Å²) in [5, 5.41) is 9.24. The number of hydrogen-bond acceptors (Lipinski definition) is 4. The van der Waals surface area contributed by atoms with Crippen molar-refractivity contribution in [2.45, 2.75) is 25.7 Å². The molecule has 1 N–H and O–H groups in total. The Morgan fingerprint density at radius 2 is 2.19 bits per heavy atom. The lowest BCUT2D eigenvalue weighted by molar-refractivity contribution is 0.0620. The summed E-state index contributed by atoms with van der Waals surface area (Å²) in [6, 6.07) is 3.54. The smallest absolute Gasteiger partial charge is 0.255 e. The molecule has 2 heterocycles. The number of carbonyl (C=O) groups is 1. The topological polar surface area (TPSA) is 62.7 Å². The molecule has 114 valence electrons. The van der Waals surface area contributed by atoms with Crippen molar-refractivity contribution < 1.29 is 14.6 Å². The van der Waals surface area contributed by atoms with Gasteiger partial charge in [0, 0.05) is 32.0 Å². The van der Waals surface area contributed by atoms with Gasteiger partial charge in [-0.3, -0.25) is 4.79 Å². The number of ether oxygens (including phenoxy) is 1. The summed E-state index contributed by atoms with van der Waals surface area (Å²) >= 11 is 0. The standard InChI is InChI=1S/C16H22N2O3/c19-10-13-2-1-7-18(9-13)16(20)14-5-6-15(17-8-14)21-11-12-3-4-12/h5-6,8,12-13,19H,1-4,7,9-11H2. The normalized spacial score (nSPS) is 22.1. The van der Waals surface area contributed by atoms with E-state index in [0.717, 1.165) is 26.0 Å². The number of aliphatic hydroxyl groups excluding tert-OH is 1. The average molecular weight is 290 g/mol.